The predicted octanol–water partition coefficient (Wildman–Crippen LogP) is 1.65. The topological polar surface area (TPSA) is 72.2 Å². The number of nitrogens with zero attached hydrogens (tertiary/aromatic N) is 2. The van der Waals surface area contributed by atoms with E-state index in [0.717, 1.165) is 32.7 Å². The molecule has 0 bridgehead atoms. The number of hydrogen-bond donors (Lipinski definition) is 2. The smallest absolute Gasteiger partial charge is 0.315 e. The van der Waals surface area contributed by atoms with Gasteiger partial charge >= 0.3 is 6.01 Å². The van der Waals surface area contributed by atoms with Crippen molar-refractivity contribution in [2.24, 2.45) is 5.92 Å². The normalized spacial score (nSPS) is 11.1. The first-order valence-electron chi connectivity index (χ1n) is 6.57. The van der Waals surface area contributed by atoms with Crippen molar-refractivity contribution in [1.82, 2.24) is 15.5 Å². The number of aromatic nitrogens is 2. The van der Waals surface area contributed by atoms with Crippen molar-refractivity contribution < 1.29 is 9.15 Å². The van der Waals surface area contributed by atoms with Crippen molar-refractivity contribution >= 4 is 6.01 Å². The fraction of sp³-hybridized carbons (Fsp3) is 0.833. The van der Waals surface area contributed by atoms with Gasteiger partial charge in [0.2, 0.25) is 5.89 Å². The molecule has 0 unspecified atom stereocenters. The van der Waals surface area contributed by atoms with Crippen LogP contribution in [-0.2, 0) is 11.3 Å². The summed E-state index contributed by atoms with van der Waals surface area (Å²) >= 11 is 0. The quantitative estimate of drug-likeness (QED) is 0.620. The van der Waals surface area contributed by atoms with E-state index in [9.17, 15) is 0 Å². The van der Waals surface area contributed by atoms with Gasteiger partial charge in [-0.3, -0.25) is 0 Å². The summed E-state index contributed by atoms with van der Waals surface area (Å²) in [4.78, 5) is 0. The molecule has 0 saturated carbocycles. The molecule has 2 N–H and O–H groups in total. The Morgan fingerprint density at radius 3 is 2.89 bits per heavy atom. The van der Waals surface area contributed by atoms with Crippen LogP contribution in [0.25, 0.3) is 0 Å². The summed E-state index contributed by atoms with van der Waals surface area (Å²) in [6, 6.07) is 0.479. The number of hydrogen-bond acceptors (Lipinski definition) is 6. The molecule has 6 heteroatoms. The van der Waals surface area contributed by atoms with Crippen LogP contribution in [0.1, 0.15) is 33.1 Å². The van der Waals surface area contributed by atoms with Crippen LogP contribution in [0, 0.1) is 5.92 Å². The standard InChI is InChI=1S/C12H24N4O2/c1-4-17-7-5-6-14-12-16-15-11(18-12)9-13-8-10(2)3/h10,13H,4-9H2,1-3H3,(H,14,16). The highest BCUT2D eigenvalue weighted by Crippen LogP contribution is 2.05. The third kappa shape index (κ3) is 6.56. The summed E-state index contributed by atoms with van der Waals surface area (Å²) in [6.07, 6.45) is 0.928. The van der Waals surface area contributed by atoms with Gasteiger partial charge in [0.1, 0.15) is 0 Å². The number of rotatable bonds is 10. The van der Waals surface area contributed by atoms with Crippen LogP contribution in [0.5, 0.6) is 0 Å². The lowest BCUT2D eigenvalue weighted by molar-refractivity contribution is 0.147. The van der Waals surface area contributed by atoms with E-state index in [0.29, 0.717) is 24.4 Å². The van der Waals surface area contributed by atoms with E-state index < -0.39 is 0 Å². The molecule has 1 heterocycles. The Morgan fingerprint density at radius 1 is 1.33 bits per heavy atom. The van der Waals surface area contributed by atoms with Crippen LogP contribution in [-0.4, -0.2) is 36.5 Å². The monoisotopic (exact) mass is 256 g/mol. The molecule has 0 saturated heterocycles. The summed E-state index contributed by atoms with van der Waals surface area (Å²) in [7, 11) is 0. The SMILES string of the molecule is CCOCCCNc1nnc(CNCC(C)C)o1. The van der Waals surface area contributed by atoms with Crippen molar-refractivity contribution in [1.29, 1.82) is 0 Å². The number of nitrogens with one attached hydrogen (secondary N) is 2. The largest absolute Gasteiger partial charge is 0.407 e. The molecular formula is C12H24N4O2. The van der Waals surface area contributed by atoms with Crippen LogP contribution in [0.15, 0.2) is 4.42 Å². The minimum atomic E-state index is 0.479. The molecule has 1 aromatic heterocycles. The maximum Gasteiger partial charge on any atom is 0.315 e. The summed E-state index contributed by atoms with van der Waals surface area (Å²) in [5.74, 6) is 1.23. The second-order valence-corrected chi connectivity index (χ2v) is 4.50. The average molecular weight is 256 g/mol. The molecule has 0 aromatic carbocycles. The minimum absolute atomic E-state index is 0.479. The van der Waals surface area contributed by atoms with E-state index in [4.69, 9.17) is 9.15 Å². The highest BCUT2D eigenvalue weighted by Gasteiger charge is 2.04. The van der Waals surface area contributed by atoms with Gasteiger partial charge in [0.05, 0.1) is 6.54 Å². The molecule has 0 fully saturated rings. The van der Waals surface area contributed by atoms with E-state index in [1.165, 1.54) is 0 Å². The van der Waals surface area contributed by atoms with Gasteiger partial charge in [-0.05, 0) is 25.8 Å². The van der Waals surface area contributed by atoms with Crippen molar-refractivity contribution in [3.8, 4) is 0 Å². The summed E-state index contributed by atoms with van der Waals surface area (Å²) < 4.78 is 10.7. The Labute approximate surface area is 108 Å². The van der Waals surface area contributed by atoms with Gasteiger partial charge in [-0.2, -0.15) is 0 Å². The third-order valence-corrected chi connectivity index (χ3v) is 2.24. The molecule has 6 nitrogen and oxygen atoms in total. The molecule has 18 heavy (non-hydrogen) atoms. The lowest BCUT2D eigenvalue weighted by atomic mass is 10.2. The zero-order valence-corrected chi connectivity index (χ0v) is 11.5. The van der Waals surface area contributed by atoms with Gasteiger partial charge in [-0.1, -0.05) is 18.9 Å². The number of anilines is 1. The summed E-state index contributed by atoms with van der Waals surface area (Å²) in [5.41, 5.74) is 0. The Balaban J connectivity index is 2.13. The van der Waals surface area contributed by atoms with Gasteiger partial charge in [-0.15, -0.1) is 5.10 Å². The molecular weight excluding hydrogens is 232 g/mol. The molecule has 0 spiro atoms. The molecule has 0 radical (unpaired) electrons. The van der Waals surface area contributed by atoms with E-state index in [2.05, 4.69) is 34.7 Å². The molecule has 0 aliphatic carbocycles. The Bertz CT molecular complexity index is 315. The van der Waals surface area contributed by atoms with Crippen molar-refractivity contribution in [2.45, 2.75) is 33.7 Å². The molecule has 1 aromatic rings. The van der Waals surface area contributed by atoms with E-state index in [-0.39, 0.29) is 0 Å². The van der Waals surface area contributed by atoms with Crippen LogP contribution < -0.4 is 10.6 Å². The second-order valence-electron chi connectivity index (χ2n) is 4.50. The first-order valence-corrected chi connectivity index (χ1v) is 6.57. The van der Waals surface area contributed by atoms with E-state index in [1.54, 1.807) is 0 Å². The van der Waals surface area contributed by atoms with E-state index in [1.807, 2.05) is 6.92 Å². The molecule has 104 valence electrons. The Hall–Kier alpha value is -1.14. The zero-order chi connectivity index (χ0) is 13.2. The van der Waals surface area contributed by atoms with Gasteiger partial charge in [0, 0.05) is 19.8 Å². The molecule has 1 rings (SSSR count). The number of ether oxygens (including phenoxy) is 1. The van der Waals surface area contributed by atoms with Crippen LogP contribution in [0.2, 0.25) is 0 Å². The van der Waals surface area contributed by atoms with Crippen LogP contribution in [0.3, 0.4) is 0 Å². The van der Waals surface area contributed by atoms with Crippen LogP contribution >= 0.6 is 0 Å². The third-order valence-electron chi connectivity index (χ3n) is 2.24. The maximum atomic E-state index is 5.44. The van der Waals surface area contributed by atoms with Gasteiger partial charge in [0.25, 0.3) is 0 Å². The molecule has 0 amide bonds. The van der Waals surface area contributed by atoms with Crippen molar-refractivity contribution in [2.75, 3.05) is 31.6 Å². The minimum Gasteiger partial charge on any atom is -0.407 e. The average Bonchev–Trinajstić information content (AvgIpc) is 2.76. The highest BCUT2D eigenvalue weighted by molar-refractivity contribution is 5.16. The first kappa shape index (κ1) is 14.9. The lowest BCUT2D eigenvalue weighted by Crippen LogP contribution is -2.19. The first-order chi connectivity index (χ1) is 8.72. The summed E-state index contributed by atoms with van der Waals surface area (Å²) in [6.45, 7) is 10.2. The fourth-order valence-corrected chi connectivity index (χ4v) is 1.38. The van der Waals surface area contributed by atoms with Crippen molar-refractivity contribution in [3.63, 3.8) is 0 Å². The predicted molar refractivity (Wildman–Crippen MR) is 70.4 cm³/mol. The van der Waals surface area contributed by atoms with Crippen LogP contribution in [0.4, 0.5) is 6.01 Å². The second kappa shape index (κ2) is 8.88. The van der Waals surface area contributed by atoms with Gasteiger partial charge in [0.15, 0.2) is 0 Å². The highest BCUT2D eigenvalue weighted by atomic mass is 16.5. The summed E-state index contributed by atoms with van der Waals surface area (Å²) in [5, 5.41) is 14.2. The lowest BCUT2D eigenvalue weighted by Gasteiger charge is -2.04. The van der Waals surface area contributed by atoms with Gasteiger partial charge in [-0.25, -0.2) is 0 Å². The van der Waals surface area contributed by atoms with E-state index >= 15 is 0 Å². The maximum absolute atomic E-state index is 5.44. The zero-order valence-electron chi connectivity index (χ0n) is 11.5. The molecule has 0 aliphatic rings. The fourth-order valence-electron chi connectivity index (χ4n) is 1.38. The van der Waals surface area contributed by atoms with Crippen molar-refractivity contribution in [3.05, 3.63) is 5.89 Å². The van der Waals surface area contributed by atoms with Gasteiger partial charge < -0.3 is 19.8 Å². The Morgan fingerprint density at radius 2 is 2.17 bits per heavy atom. The molecule has 0 atom stereocenters. The Kier molecular flexibility index (Phi) is 7.36. The molecule has 0 aliphatic heterocycles.